The molecule has 13 nitrogen and oxygen atoms in total. The van der Waals surface area contributed by atoms with E-state index >= 15 is 0 Å². The number of benzene rings is 1. The summed E-state index contributed by atoms with van der Waals surface area (Å²) in [6, 6.07) is 8.75. The third-order valence-corrected chi connectivity index (χ3v) is 4.68. The Balaban J connectivity index is 1.85. The van der Waals surface area contributed by atoms with Crippen LogP contribution in [0.15, 0.2) is 35.1 Å². The van der Waals surface area contributed by atoms with Crippen LogP contribution in [0.1, 0.15) is 0 Å². The van der Waals surface area contributed by atoms with Crippen LogP contribution in [-0.2, 0) is 20.6 Å². The van der Waals surface area contributed by atoms with Crippen molar-refractivity contribution in [3.63, 3.8) is 0 Å². The molecule has 3 aromatic rings. The van der Waals surface area contributed by atoms with Crippen molar-refractivity contribution < 1.29 is 33.3 Å². The molecule has 0 spiro atoms. The number of nitrogens with one attached hydrogen (secondary N) is 1. The van der Waals surface area contributed by atoms with Crippen molar-refractivity contribution in [2.45, 2.75) is 12.6 Å². The van der Waals surface area contributed by atoms with Crippen molar-refractivity contribution >= 4 is 24.6 Å². The Bertz CT molecular complexity index is 1130. The first kappa shape index (κ1) is 23.7. The Kier molecular flexibility index (Phi) is 7.83. The van der Waals surface area contributed by atoms with Crippen LogP contribution in [0.4, 0.5) is 5.82 Å². The zero-order chi connectivity index (χ0) is 23.1. The number of para-hydroxylation sites is 1. The van der Waals surface area contributed by atoms with Gasteiger partial charge in [-0.05, 0) is 12.1 Å². The number of imidazole rings is 1. The summed E-state index contributed by atoms with van der Waals surface area (Å²) in [6.45, 7) is 0.270. The molecule has 14 heteroatoms. The first-order chi connectivity index (χ1) is 15.3. The Morgan fingerprint density at radius 2 is 1.94 bits per heavy atom. The molecular formula is C18H24N5O8P. The molecule has 0 saturated heterocycles. The molecule has 174 valence electrons. The molecular weight excluding hydrogens is 445 g/mol. The standard InChI is InChI=1S/C18H24N5O8P/c1-28-7-8-29-17-21-15(19)14-16(22-17)23(18(24)20-14)9-13(31-11-32(25,26)27)10-30-12-5-3-2-4-6-12/h2-6,13H,7-11H2,1H3,(H,20,24)(H2,19,21,22)(H2,25,26,27)/t13-/m1/s1. The number of nitrogen functional groups attached to an aromatic ring is 1. The molecule has 0 aliphatic heterocycles. The smallest absolute Gasteiger partial charge is 0.350 e. The summed E-state index contributed by atoms with van der Waals surface area (Å²) in [7, 11) is -2.93. The molecule has 0 fully saturated rings. The number of fused-ring (bicyclic) bond motifs is 1. The Morgan fingerprint density at radius 1 is 1.19 bits per heavy atom. The van der Waals surface area contributed by atoms with Gasteiger partial charge in [-0.15, -0.1) is 0 Å². The largest absolute Gasteiger partial charge is 0.491 e. The van der Waals surface area contributed by atoms with Crippen molar-refractivity contribution in [1.29, 1.82) is 0 Å². The highest BCUT2D eigenvalue weighted by atomic mass is 31.2. The molecule has 5 N–H and O–H groups in total. The van der Waals surface area contributed by atoms with Gasteiger partial charge in [0.1, 0.15) is 36.9 Å². The van der Waals surface area contributed by atoms with Gasteiger partial charge in [-0.25, -0.2) is 4.79 Å². The van der Waals surface area contributed by atoms with Crippen LogP contribution in [0.25, 0.3) is 11.2 Å². The second kappa shape index (κ2) is 10.6. The van der Waals surface area contributed by atoms with Crippen molar-refractivity contribution in [3.05, 3.63) is 40.8 Å². The molecule has 0 saturated carbocycles. The SMILES string of the molecule is COCCOc1nc(N)c2[nH]c(=O)n(C[C@H](COc3ccccc3)OCP(=O)(O)O)c2n1. The van der Waals surface area contributed by atoms with E-state index in [1.54, 1.807) is 24.3 Å². The van der Waals surface area contributed by atoms with E-state index in [0.717, 1.165) is 0 Å². The number of rotatable bonds is 12. The van der Waals surface area contributed by atoms with Crippen molar-refractivity contribution in [2.75, 3.05) is 39.0 Å². The lowest BCUT2D eigenvalue weighted by Gasteiger charge is -2.19. The van der Waals surface area contributed by atoms with Crippen LogP contribution in [0.3, 0.4) is 0 Å². The highest BCUT2D eigenvalue weighted by Gasteiger charge is 2.22. The van der Waals surface area contributed by atoms with Crippen molar-refractivity contribution in [2.24, 2.45) is 0 Å². The summed E-state index contributed by atoms with van der Waals surface area (Å²) in [5, 5.41) is 0. The number of hydrogen-bond donors (Lipinski definition) is 4. The van der Waals surface area contributed by atoms with Crippen LogP contribution >= 0.6 is 7.60 Å². The number of hydrogen-bond acceptors (Lipinski definition) is 9. The molecule has 0 bridgehead atoms. The fraction of sp³-hybridized carbons (Fsp3) is 0.389. The van der Waals surface area contributed by atoms with E-state index in [1.807, 2.05) is 6.07 Å². The number of aromatic amines is 1. The van der Waals surface area contributed by atoms with Gasteiger partial charge < -0.3 is 39.5 Å². The highest BCUT2D eigenvalue weighted by molar-refractivity contribution is 7.51. The van der Waals surface area contributed by atoms with Crippen LogP contribution in [0.5, 0.6) is 11.8 Å². The lowest BCUT2D eigenvalue weighted by atomic mass is 10.3. The third kappa shape index (κ3) is 6.52. The van der Waals surface area contributed by atoms with E-state index < -0.39 is 25.7 Å². The molecule has 1 atom stereocenters. The maximum atomic E-state index is 12.5. The summed E-state index contributed by atoms with van der Waals surface area (Å²) >= 11 is 0. The number of nitrogens with zero attached hydrogens (tertiary/aromatic N) is 3. The van der Waals surface area contributed by atoms with Gasteiger partial charge in [-0.1, -0.05) is 18.2 Å². The maximum absolute atomic E-state index is 12.5. The van der Waals surface area contributed by atoms with Crippen LogP contribution < -0.4 is 20.9 Å². The zero-order valence-electron chi connectivity index (χ0n) is 17.2. The number of H-pyrrole nitrogens is 1. The number of methoxy groups -OCH3 is 1. The Labute approximate surface area is 182 Å². The molecule has 32 heavy (non-hydrogen) atoms. The number of nitrogens with two attached hydrogens (primary N) is 1. The third-order valence-electron chi connectivity index (χ3n) is 4.19. The summed E-state index contributed by atoms with van der Waals surface area (Å²) in [5.74, 6) is 0.537. The van der Waals surface area contributed by atoms with E-state index in [4.69, 9.17) is 24.7 Å². The quantitative estimate of drug-likeness (QED) is 0.212. The number of ether oxygens (including phenoxy) is 4. The summed E-state index contributed by atoms with van der Waals surface area (Å²) < 4.78 is 33.8. The lowest BCUT2D eigenvalue weighted by Crippen LogP contribution is -2.32. The van der Waals surface area contributed by atoms with E-state index in [-0.39, 0.29) is 42.8 Å². The summed E-state index contributed by atoms with van der Waals surface area (Å²) in [4.78, 5) is 41.7. The Hall–Kier alpha value is -2.96. The first-order valence-corrected chi connectivity index (χ1v) is 11.3. The van der Waals surface area contributed by atoms with Crippen molar-refractivity contribution in [3.8, 4) is 11.8 Å². The van der Waals surface area contributed by atoms with E-state index in [0.29, 0.717) is 12.4 Å². The minimum atomic E-state index is -4.45. The van der Waals surface area contributed by atoms with Gasteiger partial charge in [0, 0.05) is 7.11 Å². The molecule has 2 heterocycles. The molecule has 1 aromatic carbocycles. The molecule has 0 aliphatic carbocycles. The van der Waals surface area contributed by atoms with Gasteiger partial charge in [-0.3, -0.25) is 9.13 Å². The molecule has 0 amide bonds. The first-order valence-electron chi connectivity index (χ1n) is 9.48. The van der Waals surface area contributed by atoms with Crippen LogP contribution in [0.2, 0.25) is 0 Å². The highest BCUT2D eigenvalue weighted by Crippen LogP contribution is 2.34. The number of aromatic nitrogens is 4. The average Bonchev–Trinajstić information content (AvgIpc) is 3.06. The molecule has 2 aromatic heterocycles. The minimum absolute atomic E-state index is 0.00601. The number of anilines is 1. The normalized spacial score (nSPS) is 12.7. The van der Waals surface area contributed by atoms with Gasteiger partial charge in [-0.2, -0.15) is 9.97 Å². The molecule has 0 radical (unpaired) electrons. The van der Waals surface area contributed by atoms with Gasteiger partial charge in [0.05, 0.1) is 13.2 Å². The molecule has 0 unspecified atom stereocenters. The monoisotopic (exact) mass is 469 g/mol. The Morgan fingerprint density at radius 3 is 2.62 bits per heavy atom. The fourth-order valence-corrected chi connectivity index (χ4v) is 3.15. The topological polar surface area (TPSA) is 184 Å². The predicted octanol–water partition coefficient (Wildman–Crippen LogP) is 0.326. The van der Waals surface area contributed by atoms with Gasteiger partial charge in [0.2, 0.25) is 0 Å². The summed E-state index contributed by atoms with van der Waals surface area (Å²) in [5.41, 5.74) is 5.72. The lowest BCUT2D eigenvalue weighted by molar-refractivity contribution is 0.0272. The van der Waals surface area contributed by atoms with E-state index in [2.05, 4.69) is 15.0 Å². The van der Waals surface area contributed by atoms with E-state index in [9.17, 15) is 19.1 Å². The zero-order valence-corrected chi connectivity index (χ0v) is 18.1. The van der Waals surface area contributed by atoms with Crippen LogP contribution in [-0.4, -0.2) is 68.7 Å². The van der Waals surface area contributed by atoms with Gasteiger partial charge in [0.15, 0.2) is 11.5 Å². The second-order valence-corrected chi connectivity index (χ2v) is 8.27. The fourth-order valence-electron chi connectivity index (χ4n) is 2.75. The van der Waals surface area contributed by atoms with Crippen LogP contribution in [0, 0.1) is 0 Å². The van der Waals surface area contributed by atoms with Crippen molar-refractivity contribution in [1.82, 2.24) is 19.5 Å². The maximum Gasteiger partial charge on any atom is 0.350 e. The summed E-state index contributed by atoms with van der Waals surface area (Å²) in [6.07, 6.45) is -1.73. The average molecular weight is 469 g/mol. The van der Waals surface area contributed by atoms with Gasteiger partial charge >= 0.3 is 19.3 Å². The predicted molar refractivity (Wildman–Crippen MR) is 114 cm³/mol. The van der Waals surface area contributed by atoms with Gasteiger partial charge in [0.25, 0.3) is 0 Å². The minimum Gasteiger partial charge on any atom is -0.491 e. The van der Waals surface area contributed by atoms with E-state index in [1.165, 1.54) is 11.7 Å². The molecule has 3 rings (SSSR count). The molecule has 0 aliphatic rings. The second-order valence-electron chi connectivity index (χ2n) is 6.68.